The van der Waals surface area contributed by atoms with Crippen molar-refractivity contribution in [2.24, 2.45) is 4.99 Å². The van der Waals surface area contributed by atoms with E-state index in [0.29, 0.717) is 6.54 Å². The molecule has 28 heavy (non-hydrogen) atoms. The van der Waals surface area contributed by atoms with Crippen LogP contribution in [0.3, 0.4) is 0 Å². The van der Waals surface area contributed by atoms with Crippen molar-refractivity contribution in [3.8, 4) is 5.69 Å². The Bertz CT molecular complexity index is 879. The van der Waals surface area contributed by atoms with Crippen LogP contribution >= 0.6 is 24.0 Å². The molecule has 0 aliphatic carbocycles. The zero-order valence-corrected chi connectivity index (χ0v) is 18.1. The molecule has 0 aliphatic heterocycles. The highest BCUT2D eigenvalue weighted by Crippen LogP contribution is 2.07. The minimum atomic E-state index is -0.203. The molecule has 7 heteroatoms. The normalized spacial score (nSPS) is 11.0. The molecule has 3 aromatic rings. The van der Waals surface area contributed by atoms with E-state index in [1.807, 2.05) is 53.5 Å². The minimum absolute atomic E-state index is 0. The van der Waals surface area contributed by atoms with Gasteiger partial charge in [-0.2, -0.15) is 5.10 Å². The number of halogens is 2. The summed E-state index contributed by atoms with van der Waals surface area (Å²) >= 11 is 0. The molecule has 2 N–H and O–H groups in total. The van der Waals surface area contributed by atoms with Crippen LogP contribution in [0.5, 0.6) is 0 Å². The van der Waals surface area contributed by atoms with Crippen LogP contribution in [-0.4, -0.2) is 35.9 Å². The maximum absolute atomic E-state index is 13.2. The molecule has 1 heterocycles. The molecule has 0 aliphatic rings. The van der Waals surface area contributed by atoms with Gasteiger partial charge in [-0.25, -0.2) is 9.07 Å². The number of rotatable bonds is 7. The third-order valence-corrected chi connectivity index (χ3v) is 4.18. The molecule has 0 amide bonds. The lowest BCUT2D eigenvalue weighted by atomic mass is 10.1. The zero-order chi connectivity index (χ0) is 18.9. The maximum atomic E-state index is 13.2. The molecule has 3 rings (SSSR count). The second-order valence-corrected chi connectivity index (χ2v) is 6.18. The van der Waals surface area contributed by atoms with E-state index in [0.717, 1.165) is 42.2 Å². The van der Waals surface area contributed by atoms with Gasteiger partial charge in [0.2, 0.25) is 0 Å². The fourth-order valence-electron chi connectivity index (χ4n) is 2.77. The Kier molecular flexibility index (Phi) is 8.93. The lowest BCUT2D eigenvalue weighted by Gasteiger charge is -2.11. The van der Waals surface area contributed by atoms with Gasteiger partial charge >= 0.3 is 0 Å². The average Bonchev–Trinajstić information content (AvgIpc) is 3.16. The fraction of sp³-hybridized carbons (Fsp3) is 0.238. The van der Waals surface area contributed by atoms with E-state index in [1.54, 1.807) is 19.2 Å². The summed E-state index contributed by atoms with van der Waals surface area (Å²) in [5.74, 6) is 0.535. The molecule has 0 atom stereocenters. The van der Waals surface area contributed by atoms with Crippen molar-refractivity contribution >= 4 is 29.9 Å². The van der Waals surface area contributed by atoms with Gasteiger partial charge in [-0.05, 0) is 48.2 Å². The van der Waals surface area contributed by atoms with Crippen molar-refractivity contribution in [3.63, 3.8) is 0 Å². The number of aromatic nitrogens is 2. The Morgan fingerprint density at radius 3 is 2.39 bits per heavy atom. The summed E-state index contributed by atoms with van der Waals surface area (Å²) < 4.78 is 15.1. The first kappa shape index (κ1) is 21.9. The molecule has 2 aromatic carbocycles. The number of hydrogen-bond donors (Lipinski definition) is 2. The Balaban J connectivity index is 0.00000280. The van der Waals surface area contributed by atoms with E-state index >= 15 is 0 Å². The van der Waals surface area contributed by atoms with Gasteiger partial charge in [0.05, 0.1) is 11.9 Å². The fourth-order valence-corrected chi connectivity index (χ4v) is 2.77. The van der Waals surface area contributed by atoms with Crippen molar-refractivity contribution in [1.82, 2.24) is 20.4 Å². The van der Waals surface area contributed by atoms with Crippen LogP contribution in [0.25, 0.3) is 5.69 Å². The van der Waals surface area contributed by atoms with Crippen molar-refractivity contribution < 1.29 is 4.39 Å². The lowest BCUT2D eigenvalue weighted by molar-refractivity contribution is 0.625. The molecular weight excluding hydrogens is 468 g/mol. The van der Waals surface area contributed by atoms with Crippen LogP contribution in [-0.2, 0) is 12.8 Å². The molecule has 148 valence electrons. The first-order valence-corrected chi connectivity index (χ1v) is 9.02. The highest BCUT2D eigenvalue weighted by molar-refractivity contribution is 14.0. The first-order valence-electron chi connectivity index (χ1n) is 9.02. The molecule has 0 saturated heterocycles. The third kappa shape index (κ3) is 6.63. The molecular formula is C21H25FIN5. The van der Waals surface area contributed by atoms with Gasteiger partial charge in [-0.3, -0.25) is 4.99 Å². The van der Waals surface area contributed by atoms with Crippen LogP contribution in [0, 0.1) is 5.82 Å². The highest BCUT2D eigenvalue weighted by Gasteiger charge is 2.02. The van der Waals surface area contributed by atoms with E-state index in [-0.39, 0.29) is 29.8 Å². The van der Waals surface area contributed by atoms with Crippen molar-refractivity contribution in [2.45, 2.75) is 12.8 Å². The largest absolute Gasteiger partial charge is 0.356 e. The molecule has 0 radical (unpaired) electrons. The van der Waals surface area contributed by atoms with Crippen molar-refractivity contribution in [3.05, 3.63) is 83.9 Å². The van der Waals surface area contributed by atoms with E-state index in [1.165, 1.54) is 6.07 Å². The van der Waals surface area contributed by atoms with E-state index in [2.05, 4.69) is 20.7 Å². The Morgan fingerprint density at radius 2 is 1.71 bits per heavy atom. The van der Waals surface area contributed by atoms with Crippen molar-refractivity contribution in [2.75, 3.05) is 20.1 Å². The Labute approximate surface area is 182 Å². The number of guanidine groups is 1. The first-order chi connectivity index (χ1) is 13.2. The quantitative estimate of drug-likeness (QED) is 0.301. The molecule has 1 aromatic heterocycles. The topological polar surface area (TPSA) is 54.2 Å². The van der Waals surface area contributed by atoms with Gasteiger partial charge in [-0.15, -0.1) is 24.0 Å². The summed E-state index contributed by atoms with van der Waals surface area (Å²) in [6.07, 6.45) is 5.51. The number of nitrogens with zero attached hydrogens (tertiary/aromatic N) is 3. The Morgan fingerprint density at radius 1 is 1.00 bits per heavy atom. The third-order valence-electron chi connectivity index (χ3n) is 4.18. The molecule has 5 nitrogen and oxygen atoms in total. The van der Waals surface area contributed by atoms with Gasteiger partial charge in [-0.1, -0.05) is 30.3 Å². The number of benzene rings is 2. The van der Waals surface area contributed by atoms with Crippen LogP contribution in [0.4, 0.5) is 4.39 Å². The van der Waals surface area contributed by atoms with Crippen LogP contribution < -0.4 is 10.6 Å². The van der Waals surface area contributed by atoms with Crippen LogP contribution in [0.1, 0.15) is 11.1 Å². The number of hydrogen-bond acceptors (Lipinski definition) is 2. The van der Waals surface area contributed by atoms with Crippen molar-refractivity contribution in [1.29, 1.82) is 0 Å². The predicted molar refractivity (Wildman–Crippen MR) is 122 cm³/mol. The molecule has 0 unspecified atom stereocenters. The summed E-state index contributed by atoms with van der Waals surface area (Å²) in [5, 5.41) is 10.9. The second kappa shape index (κ2) is 11.4. The van der Waals surface area contributed by atoms with E-state index in [4.69, 9.17) is 0 Å². The lowest BCUT2D eigenvalue weighted by Crippen LogP contribution is -2.39. The maximum Gasteiger partial charge on any atom is 0.190 e. The summed E-state index contributed by atoms with van der Waals surface area (Å²) in [7, 11) is 1.74. The van der Waals surface area contributed by atoms with Gasteiger partial charge < -0.3 is 10.6 Å². The smallest absolute Gasteiger partial charge is 0.190 e. The predicted octanol–water partition coefficient (Wildman–Crippen LogP) is 3.58. The average molecular weight is 493 g/mol. The van der Waals surface area contributed by atoms with Crippen LogP contribution in [0.2, 0.25) is 0 Å². The minimum Gasteiger partial charge on any atom is -0.356 e. The summed E-state index contributed by atoms with van der Waals surface area (Å²) in [6, 6.07) is 16.7. The molecule has 0 spiro atoms. The standard InChI is InChI=1S/C21H24FN5.HI/c1-23-21(24-12-10-17-6-5-7-19(22)14-17)25-13-11-18-15-26-27(16-18)20-8-3-2-4-9-20;/h2-9,14-16H,10-13H2,1H3,(H2,23,24,25);1H. The number of para-hydroxylation sites is 1. The summed E-state index contributed by atoms with van der Waals surface area (Å²) in [4.78, 5) is 4.22. The molecule has 0 bridgehead atoms. The summed E-state index contributed by atoms with van der Waals surface area (Å²) in [5.41, 5.74) is 3.17. The monoisotopic (exact) mass is 493 g/mol. The van der Waals surface area contributed by atoms with Crippen LogP contribution in [0.15, 0.2) is 72.0 Å². The van der Waals surface area contributed by atoms with Gasteiger partial charge in [0.15, 0.2) is 5.96 Å². The van der Waals surface area contributed by atoms with Gasteiger partial charge in [0.1, 0.15) is 5.82 Å². The SMILES string of the molecule is CN=C(NCCc1cccc(F)c1)NCCc1cnn(-c2ccccc2)c1.I. The summed E-state index contributed by atoms with van der Waals surface area (Å²) in [6.45, 7) is 1.44. The van der Waals surface area contributed by atoms with E-state index < -0.39 is 0 Å². The number of nitrogens with one attached hydrogen (secondary N) is 2. The Hall–Kier alpha value is -2.42. The van der Waals surface area contributed by atoms with Gasteiger partial charge in [0.25, 0.3) is 0 Å². The highest BCUT2D eigenvalue weighted by atomic mass is 127. The second-order valence-electron chi connectivity index (χ2n) is 6.18. The molecule has 0 saturated carbocycles. The van der Waals surface area contributed by atoms with Gasteiger partial charge in [0, 0.05) is 26.3 Å². The zero-order valence-electron chi connectivity index (χ0n) is 15.8. The number of aliphatic imine (C=N–C) groups is 1. The molecule has 0 fully saturated rings. The van der Waals surface area contributed by atoms with E-state index in [9.17, 15) is 4.39 Å².